The number of para-hydroxylation sites is 1. The van der Waals surface area contributed by atoms with Crippen LogP contribution in [-0.4, -0.2) is 86.6 Å². The van der Waals surface area contributed by atoms with Gasteiger partial charge in [-0.15, -0.1) is 0 Å². The summed E-state index contributed by atoms with van der Waals surface area (Å²) in [6, 6.07) is 5.75. The minimum absolute atomic E-state index is 0.161. The number of carbonyl (C=O) groups excluding carboxylic acids is 3. The molecule has 4 rings (SSSR count). The van der Waals surface area contributed by atoms with Crippen molar-refractivity contribution in [2.75, 3.05) is 37.4 Å². The van der Waals surface area contributed by atoms with E-state index in [-0.39, 0.29) is 48.9 Å². The first-order chi connectivity index (χ1) is 19.4. The van der Waals surface area contributed by atoms with Crippen LogP contribution in [0.1, 0.15) is 51.8 Å². The second kappa shape index (κ2) is 12.0. The highest BCUT2D eigenvalue weighted by Crippen LogP contribution is 2.35. The molecule has 0 aliphatic carbocycles. The zero-order chi connectivity index (χ0) is 30.0. The van der Waals surface area contributed by atoms with Crippen LogP contribution in [0.3, 0.4) is 0 Å². The number of likely N-dealkylation sites (N-methyl/N-ethyl adjacent to an activating group) is 1. The number of fused-ring (bicyclic) bond motifs is 1. The van der Waals surface area contributed by atoms with Gasteiger partial charge in [-0.3, -0.25) is 14.3 Å². The number of hydrogen-bond acceptors (Lipinski definition) is 8. The molecule has 1 aliphatic heterocycles. The maximum Gasteiger partial charge on any atom is 0.321 e. The van der Waals surface area contributed by atoms with Crippen molar-refractivity contribution in [2.24, 2.45) is 13.0 Å². The van der Waals surface area contributed by atoms with Crippen LogP contribution in [0, 0.1) is 26.7 Å². The second-order valence-corrected chi connectivity index (χ2v) is 10.6. The SMILES string of the molecule is Cc1cc(C(=O)Nc2cccc3c2O[C@H](CN(C)C(=O)Nc2c(C)noc2C)[C@@H](C)CN([C@H](C)CO)C3=O)n(C)n1. The third-order valence-corrected chi connectivity index (χ3v) is 7.24. The van der Waals surface area contributed by atoms with Crippen molar-refractivity contribution < 1.29 is 28.8 Å². The predicted molar refractivity (Wildman–Crippen MR) is 151 cm³/mol. The van der Waals surface area contributed by atoms with Gasteiger partial charge < -0.3 is 34.8 Å². The molecule has 41 heavy (non-hydrogen) atoms. The number of ether oxygens (including phenoxy) is 1. The smallest absolute Gasteiger partial charge is 0.321 e. The van der Waals surface area contributed by atoms with E-state index in [0.717, 1.165) is 0 Å². The minimum Gasteiger partial charge on any atom is -0.485 e. The van der Waals surface area contributed by atoms with Crippen LogP contribution < -0.4 is 15.4 Å². The monoisotopic (exact) mass is 567 g/mol. The third-order valence-electron chi connectivity index (χ3n) is 7.24. The lowest BCUT2D eigenvalue weighted by Gasteiger charge is -2.38. The topological polar surface area (TPSA) is 155 Å². The summed E-state index contributed by atoms with van der Waals surface area (Å²) in [6.07, 6.45) is -0.576. The molecule has 1 aliphatic rings. The Morgan fingerprint density at radius 2 is 1.98 bits per heavy atom. The lowest BCUT2D eigenvalue weighted by molar-refractivity contribution is 0.0372. The standard InChI is InChI=1S/C28H37N7O6/c1-15-12-35(17(3)14-36)27(38)20-9-8-10-21(29-26(37)22-11-16(2)31-34(22)7)25(20)40-23(15)13-33(6)28(39)30-24-18(4)32-41-19(24)5/h8-11,15,17,23,36H,12-14H2,1-7H3,(H,29,37)(H,30,39)/t15-,17+,23+/m0/s1. The number of urea groups is 1. The van der Waals surface area contributed by atoms with E-state index in [1.165, 1.54) is 9.58 Å². The highest BCUT2D eigenvalue weighted by molar-refractivity contribution is 6.06. The minimum atomic E-state index is -0.576. The van der Waals surface area contributed by atoms with Crippen LogP contribution in [0.2, 0.25) is 0 Å². The van der Waals surface area contributed by atoms with Gasteiger partial charge in [-0.25, -0.2) is 4.79 Å². The average Bonchev–Trinajstić information content (AvgIpc) is 3.44. The summed E-state index contributed by atoms with van der Waals surface area (Å²) in [5.74, 6) is -0.315. The number of carbonyl (C=O) groups is 3. The van der Waals surface area contributed by atoms with Gasteiger partial charge in [0.05, 0.1) is 36.1 Å². The molecule has 3 heterocycles. The largest absolute Gasteiger partial charge is 0.485 e. The summed E-state index contributed by atoms with van der Waals surface area (Å²) >= 11 is 0. The number of aryl methyl sites for hydroxylation is 4. The van der Waals surface area contributed by atoms with Crippen LogP contribution in [0.15, 0.2) is 28.8 Å². The van der Waals surface area contributed by atoms with Crippen LogP contribution in [0.5, 0.6) is 5.75 Å². The van der Waals surface area contributed by atoms with Crippen molar-refractivity contribution in [1.82, 2.24) is 24.7 Å². The van der Waals surface area contributed by atoms with E-state index in [1.807, 2.05) is 6.92 Å². The van der Waals surface area contributed by atoms with Crippen molar-refractivity contribution in [2.45, 2.75) is 46.8 Å². The normalized spacial score (nSPS) is 17.7. The second-order valence-electron chi connectivity index (χ2n) is 10.6. The van der Waals surface area contributed by atoms with Gasteiger partial charge in [0.2, 0.25) is 0 Å². The van der Waals surface area contributed by atoms with Gasteiger partial charge in [-0.05, 0) is 45.9 Å². The first kappa shape index (κ1) is 29.6. The number of anilines is 2. The molecule has 0 radical (unpaired) electrons. The number of nitrogens with zero attached hydrogens (tertiary/aromatic N) is 5. The van der Waals surface area contributed by atoms with E-state index in [2.05, 4.69) is 20.9 Å². The fourth-order valence-corrected chi connectivity index (χ4v) is 4.79. The number of benzene rings is 1. The third kappa shape index (κ3) is 6.19. The Kier molecular flexibility index (Phi) is 8.66. The average molecular weight is 568 g/mol. The summed E-state index contributed by atoms with van der Waals surface area (Å²) in [7, 11) is 3.31. The van der Waals surface area contributed by atoms with Gasteiger partial charge in [0.25, 0.3) is 11.8 Å². The maximum atomic E-state index is 13.7. The zero-order valence-corrected chi connectivity index (χ0v) is 24.4. The Morgan fingerprint density at radius 1 is 1.24 bits per heavy atom. The molecule has 220 valence electrons. The number of rotatable bonds is 7. The van der Waals surface area contributed by atoms with Gasteiger partial charge in [0.15, 0.2) is 11.5 Å². The fourth-order valence-electron chi connectivity index (χ4n) is 4.79. The molecule has 0 bridgehead atoms. The summed E-state index contributed by atoms with van der Waals surface area (Å²) in [4.78, 5) is 43.0. The molecular weight excluding hydrogens is 530 g/mol. The van der Waals surface area contributed by atoms with Crippen molar-refractivity contribution >= 4 is 29.2 Å². The number of aromatic nitrogens is 3. The zero-order valence-electron chi connectivity index (χ0n) is 24.4. The van der Waals surface area contributed by atoms with Gasteiger partial charge in [-0.1, -0.05) is 18.1 Å². The van der Waals surface area contributed by atoms with E-state index in [9.17, 15) is 19.5 Å². The van der Waals surface area contributed by atoms with Gasteiger partial charge in [0.1, 0.15) is 23.2 Å². The van der Waals surface area contributed by atoms with Gasteiger partial charge >= 0.3 is 6.03 Å². The van der Waals surface area contributed by atoms with Crippen LogP contribution in [-0.2, 0) is 7.05 Å². The van der Waals surface area contributed by atoms with E-state index in [0.29, 0.717) is 34.2 Å². The molecule has 4 amide bonds. The lowest BCUT2D eigenvalue weighted by Crippen LogP contribution is -2.50. The molecule has 0 saturated carbocycles. The number of hydrogen-bond donors (Lipinski definition) is 3. The molecule has 3 aromatic rings. The fraction of sp³-hybridized carbons (Fsp3) is 0.464. The highest BCUT2D eigenvalue weighted by Gasteiger charge is 2.35. The van der Waals surface area contributed by atoms with Crippen LogP contribution >= 0.6 is 0 Å². The van der Waals surface area contributed by atoms with Gasteiger partial charge in [-0.2, -0.15) is 5.10 Å². The molecule has 3 atom stereocenters. The number of aliphatic hydroxyl groups excluding tert-OH is 1. The maximum absolute atomic E-state index is 13.7. The van der Waals surface area contributed by atoms with Crippen LogP contribution in [0.4, 0.5) is 16.2 Å². The van der Waals surface area contributed by atoms with Crippen molar-refractivity contribution in [1.29, 1.82) is 0 Å². The Labute approximate surface area is 238 Å². The van der Waals surface area contributed by atoms with E-state index in [4.69, 9.17) is 9.26 Å². The highest BCUT2D eigenvalue weighted by atomic mass is 16.5. The van der Waals surface area contributed by atoms with Crippen molar-refractivity contribution in [3.8, 4) is 5.75 Å². The van der Waals surface area contributed by atoms with E-state index >= 15 is 0 Å². The summed E-state index contributed by atoms with van der Waals surface area (Å²) < 4.78 is 13.1. The predicted octanol–water partition coefficient (Wildman–Crippen LogP) is 2.97. The number of aliphatic hydroxyl groups is 1. The van der Waals surface area contributed by atoms with Gasteiger partial charge in [0, 0.05) is 26.6 Å². The number of amides is 4. The Morgan fingerprint density at radius 3 is 2.59 bits per heavy atom. The van der Waals surface area contributed by atoms with E-state index < -0.39 is 18.1 Å². The molecule has 13 heteroatoms. The number of nitrogens with one attached hydrogen (secondary N) is 2. The quantitative estimate of drug-likeness (QED) is 0.394. The molecule has 2 aromatic heterocycles. The molecule has 13 nitrogen and oxygen atoms in total. The Bertz CT molecular complexity index is 1430. The summed E-state index contributed by atoms with van der Waals surface area (Å²) in [6.45, 7) is 9.14. The first-order valence-corrected chi connectivity index (χ1v) is 13.4. The molecular formula is C28H37N7O6. The first-order valence-electron chi connectivity index (χ1n) is 13.4. The molecule has 1 aromatic carbocycles. The lowest BCUT2D eigenvalue weighted by atomic mass is 9.99. The van der Waals surface area contributed by atoms with Crippen molar-refractivity contribution in [3.63, 3.8) is 0 Å². The molecule has 0 unspecified atom stereocenters. The molecule has 0 saturated heterocycles. The van der Waals surface area contributed by atoms with Crippen LogP contribution in [0.25, 0.3) is 0 Å². The van der Waals surface area contributed by atoms with Crippen molar-refractivity contribution in [3.05, 3.63) is 52.7 Å². The summed E-state index contributed by atoms with van der Waals surface area (Å²) in [5.41, 5.74) is 2.64. The summed E-state index contributed by atoms with van der Waals surface area (Å²) in [5, 5.41) is 23.7. The Balaban J connectivity index is 1.67. The molecule has 0 spiro atoms. The van der Waals surface area contributed by atoms with E-state index in [1.54, 1.807) is 71.0 Å². The molecule has 0 fully saturated rings. The Hall–Kier alpha value is -4.39. The molecule has 3 N–H and O–H groups in total.